The number of hydrogen-bond donors (Lipinski definition) is 0. The summed E-state index contributed by atoms with van der Waals surface area (Å²) in [7, 11) is 0. The normalized spacial score (nSPS) is 10.9. The standard InChI is InChI=1S/C19H18/c1-13-7-6-8-14(2)18(13)19-15(3)11-12-16-9-4-5-10-17(16)19/h4-12H,1-3H3. The van der Waals surface area contributed by atoms with Crippen molar-refractivity contribution in [2.45, 2.75) is 20.8 Å². The molecule has 0 nitrogen and oxygen atoms in total. The van der Waals surface area contributed by atoms with Crippen LogP contribution in [-0.2, 0) is 0 Å². The SMILES string of the molecule is Cc1cccc(C)c1-c1c(C)ccc2ccccc12. The van der Waals surface area contributed by atoms with E-state index in [9.17, 15) is 0 Å². The zero-order valence-corrected chi connectivity index (χ0v) is 11.7. The molecule has 3 aromatic rings. The Labute approximate surface area is 114 Å². The van der Waals surface area contributed by atoms with Gasteiger partial charge in [-0.3, -0.25) is 0 Å². The van der Waals surface area contributed by atoms with Crippen molar-refractivity contribution in [3.8, 4) is 11.1 Å². The van der Waals surface area contributed by atoms with Gasteiger partial charge in [0.15, 0.2) is 0 Å². The number of benzene rings is 3. The van der Waals surface area contributed by atoms with Crippen LogP contribution in [0, 0.1) is 20.8 Å². The molecule has 19 heavy (non-hydrogen) atoms. The molecule has 0 unspecified atom stereocenters. The largest absolute Gasteiger partial charge is 0.0617 e. The van der Waals surface area contributed by atoms with Crippen LogP contribution in [-0.4, -0.2) is 0 Å². The van der Waals surface area contributed by atoms with Gasteiger partial charge in [-0.1, -0.05) is 54.6 Å². The number of rotatable bonds is 1. The maximum absolute atomic E-state index is 2.23. The predicted octanol–water partition coefficient (Wildman–Crippen LogP) is 5.43. The van der Waals surface area contributed by atoms with Crippen LogP contribution in [0.2, 0.25) is 0 Å². The molecular formula is C19H18. The summed E-state index contributed by atoms with van der Waals surface area (Å²) >= 11 is 0. The fourth-order valence-corrected chi connectivity index (χ4v) is 2.92. The first-order valence-electron chi connectivity index (χ1n) is 6.73. The highest BCUT2D eigenvalue weighted by Gasteiger charge is 2.11. The lowest BCUT2D eigenvalue weighted by Gasteiger charge is -2.15. The molecule has 0 N–H and O–H groups in total. The Balaban J connectivity index is 2.46. The summed E-state index contributed by atoms with van der Waals surface area (Å²) in [6.45, 7) is 6.60. The van der Waals surface area contributed by atoms with E-state index < -0.39 is 0 Å². The first-order chi connectivity index (χ1) is 9.18. The van der Waals surface area contributed by atoms with E-state index in [0.717, 1.165) is 0 Å². The highest BCUT2D eigenvalue weighted by molar-refractivity contribution is 5.99. The van der Waals surface area contributed by atoms with Crippen molar-refractivity contribution in [3.05, 3.63) is 71.3 Å². The van der Waals surface area contributed by atoms with Gasteiger partial charge >= 0.3 is 0 Å². The highest BCUT2D eigenvalue weighted by atomic mass is 14.1. The predicted molar refractivity (Wildman–Crippen MR) is 83.6 cm³/mol. The average molecular weight is 246 g/mol. The molecule has 0 amide bonds. The molecule has 94 valence electrons. The van der Waals surface area contributed by atoms with Crippen molar-refractivity contribution >= 4 is 10.8 Å². The Morgan fingerprint density at radius 3 is 1.89 bits per heavy atom. The second-order valence-corrected chi connectivity index (χ2v) is 5.25. The van der Waals surface area contributed by atoms with Gasteiger partial charge in [-0.15, -0.1) is 0 Å². The van der Waals surface area contributed by atoms with Gasteiger partial charge in [0.05, 0.1) is 0 Å². The summed E-state index contributed by atoms with van der Waals surface area (Å²) in [6, 6.07) is 19.6. The third kappa shape index (κ3) is 1.94. The van der Waals surface area contributed by atoms with Crippen molar-refractivity contribution in [3.63, 3.8) is 0 Å². The Hall–Kier alpha value is -2.08. The Kier molecular flexibility index (Phi) is 2.87. The quantitative estimate of drug-likeness (QED) is 0.537. The van der Waals surface area contributed by atoms with Gasteiger partial charge in [0, 0.05) is 0 Å². The molecular weight excluding hydrogens is 228 g/mol. The van der Waals surface area contributed by atoms with E-state index in [1.165, 1.54) is 38.6 Å². The summed E-state index contributed by atoms with van der Waals surface area (Å²) < 4.78 is 0. The van der Waals surface area contributed by atoms with Crippen molar-refractivity contribution in [1.82, 2.24) is 0 Å². The summed E-state index contributed by atoms with van der Waals surface area (Å²) in [4.78, 5) is 0. The molecule has 0 saturated carbocycles. The van der Waals surface area contributed by atoms with Crippen LogP contribution in [0.4, 0.5) is 0 Å². The maximum atomic E-state index is 2.23. The lowest BCUT2D eigenvalue weighted by Crippen LogP contribution is -1.92. The fourth-order valence-electron chi connectivity index (χ4n) is 2.92. The van der Waals surface area contributed by atoms with Crippen LogP contribution in [0.5, 0.6) is 0 Å². The molecule has 0 saturated heterocycles. The maximum Gasteiger partial charge on any atom is -0.00708 e. The van der Waals surface area contributed by atoms with E-state index in [1.807, 2.05) is 0 Å². The van der Waals surface area contributed by atoms with Crippen molar-refractivity contribution < 1.29 is 0 Å². The lowest BCUT2D eigenvalue weighted by atomic mass is 9.89. The van der Waals surface area contributed by atoms with Crippen LogP contribution in [0.1, 0.15) is 16.7 Å². The van der Waals surface area contributed by atoms with Gasteiger partial charge in [0.25, 0.3) is 0 Å². The zero-order valence-electron chi connectivity index (χ0n) is 11.7. The molecule has 0 aromatic heterocycles. The molecule has 0 bridgehead atoms. The molecule has 0 aliphatic carbocycles. The molecule has 0 atom stereocenters. The highest BCUT2D eigenvalue weighted by Crippen LogP contribution is 2.35. The molecule has 0 heterocycles. The minimum Gasteiger partial charge on any atom is -0.0617 e. The summed E-state index contributed by atoms with van der Waals surface area (Å²) in [5.41, 5.74) is 6.81. The summed E-state index contributed by atoms with van der Waals surface area (Å²) in [6.07, 6.45) is 0. The van der Waals surface area contributed by atoms with Crippen LogP contribution in [0.15, 0.2) is 54.6 Å². The third-order valence-corrected chi connectivity index (χ3v) is 3.87. The minimum atomic E-state index is 1.31. The van der Waals surface area contributed by atoms with Crippen molar-refractivity contribution in [2.24, 2.45) is 0 Å². The third-order valence-electron chi connectivity index (χ3n) is 3.87. The van der Waals surface area contributed by atoms with Gasteiger partial charge in [0.1, 0.15) is 0 Å². The van der Waals surface area contributed by atoms with Gasteiger partial charge in [-0.05, 0) is 59.4 Å². The molecule has 3 rings (SSSR count). The van der Waals surface area contributed by atoms with E-state index in [0.29, 0.717) is 0 Å². The molecule has 0 fully saturated rings. The van der Waals surface area contributed by atoms with E-state index in [1.54, 1.807) is 0 Å². The van der Waals surface area contributed by atoms with Gasteiger partial charge < -0.3 is 0 Å². The Morgan fingerprint density at radius 2 is 1.16 bits per heavy atom. The van der Waals surface area contributed by atoms with Gasteiger partial charge in [-0.2, -0.15) is 0 Å². The molecule has 3 aromatic carbocycles. The summed E-state index contributed by atoms with van der Waals surface area (Å²) in [5.74, 6) is 0. The first kappa shape index (κ1) is 12.0. The van der Waals surface area contributed by atoms with E-state index in [2.05, 4.69) is 75.4 Å². The zero-order chi connectivity index (χ0) is 13.4. The van der Waals surface area contributed by atoms with Crippen LogP contribution >= 0.6 is 0 Å². The smallest absolute Gasteiger partial charge is 0.00708 e. The topological polar surface area (TPSA) is 0 Å². The molecule has 0 spiro atoms. The van der Waals surface area contributed by atoms with E-state index in [-0.39, 0.29) is 0 Å². The molecule has 0 heteroatoms. The fraction of sp³-hybridized carbons (Fsp3) is 0.158. The molecule has 0 aliphatic heterocycles. The van der Waals surface area contributed by atoms with Crippen LogP contribution < -0.4 is 0 Å². The Morgan fingerprint density at radius 1 is 0.526 bits per heavy atom. The lowest BCUT2D eigenvalue weighted by molar-refractivity contribution is 1.36. The summed E-state index contributed by atoms with van der Waals surface area (Å²) in [5, 5.41) is 2.66. The van der Waals surface area contributed by atoms with Gasteiger partial charge in [0.2, 0.25) is 0 Å². The second-order valence-electron chi connectivity index (χ2n) is 5.25. The number of fused-ring (bicyclic) bond motifs is 1. The second kappa shape index (κ2) is 4.55. The van der Waals surface area contributed by atoms with E-state index >= 15 is 0 Å². The van der Waals surface area contributed by atoms with Crippen molar-refractivity contribution in [2.75, 3.05) is 0 Å². The number of hydrogen-bond acceptors (Lipinski definition) is 0. The average Bonchev–Trinajstić information content (AvgIpc) is 2.41. The van der Waals surface area contributed by atoms with Crippen LogP contribution in [0.25, 0.3) is 21.9 Å². The van der Waals surface area contributed by atoms with Gasteiger partial charge in [-0.25, -0.2) is 0 Å². The molecule has 0 aliphatic rings. The minimum absolute atomic E-state index is 1.31. The number of aryl methyl sites for hydroxylation is 3. The van der Waals surface area contributed by atoms with E-state index in [4.69, 9.17) is 0 Å². The Bertz CT molecular complexity index is 731. The monoisotopic (exact) mass is 246 g/mol. The molecule has 0 radical (unpaired) electrons. The first-order valence-corrected chi connectivity index (χ1v) is 6.73. The van der Waals surface area contributed by atoms with Crippen molar-refractivity contribution in [1.29, 1.82) is 0 Å². The van der Waals surface area contributed by atoms with Crippen LogP contribution in [0.3, 0.4) is 0 Å².